The van der Waals surface area contributed by atoms with Gasteiger partial charge in [0.2, 0.25) is 5.82 Å². The molecule has 0 fully saturated rings. The molecule has 0 aliphatic rings. The average molecular weight is 554 g/mol. The van der Waals surface area contributed by atoms with Gasteiger partial charge in [-0.25, -0.2) is 13.6 Å². The van der Waals surface area contributed by atoms with Crippen LogP contribution < -0.4 is 5.32 Å². The first-order valence-electron chi connectivity index (χ1n) is 12.8. The van der Waals surface area contributed by atoms with Gasteiger partial charge in [0.15, 0.2) is 0 Å². The zero-order valence-electron chi connectivity index (χ0n) is 22.2. The summed E-state index contributed by atoms with van der Waals surface area (Å²) in [7, 11) is 0. The summed E-state index contributed by atoms with van der Waals surface area (Å²) in [6.07, 6.45) is -0.165. The number of aliphatic carboxylic acids is 1. The summed E-state index contributed by atoms with van der Waals surface area (Å²) < 4.78 is 34.4. The van der Waals surface area contributed by atoms with E-state index in [2.05, 4.69) is 15.5 Å². The summed E-state index contributed by atoms with van der Waals surface area (Å²) in [5.41, 5.74) is 4.11. The molecule has 206 valence electrons. The number of carboxylic acids is 1. The lowest BCUT2D eigenvalue weighted by Gasteiger charge is -2.15. The monoisotopic (exact) mass is 553 g/mol. The fourth-order valence-corrected chi connectivity index (χ4v) is 4.30. The Hall–Kier alpha value is -5.18. The fourth-order valence-electron chi connectivity index (χ4n) is 4.30. The summed E-state index contributed by atoms with van der Waals surface area (Å²) in [5, 5.41) is 16.1. The number of halogens is 2. The van der Waals surface area contributed by atoms with E-state index in [1.807, 2.05) is 31.2 Å². The molecule has 5 aromatic rings. The zero-order valence-corrected chi connectivity index (χ0v) is 22.2. The molecule has 1 aromatic heterocycles. The van der Waals surface area contributed by atoms with Crippen molar-refractivity contribution in [1.29, 1.82) is 0 Å². The first-order chi connectivity index (χ1) is 19.7. The molecule has 1 amide bonds. The molecule has 41 heavy (non-hydrogen) atoms. The topological polar surface area (TPSA) is 105 Å². The van der Waals surface area contributed by atoms with E-state index in [9.17, 15) is 19.1 Å². The highest BCUT2D eigenvalue weighted by Crippen LogP contribution is 2.26. The summed E-state index contributed by atoms with van der Waals surface area (Å²) in [5.74, 6) is -2.63. The van der Waals surface area contributed by atoms with Crippen molar-refractivity contribution in [2.45, 2.75) is 26.3 Å². The predicted molar refractivity (Wildman–Crippen MR) is 149 cm³/mol. The number of aryl methyl sites for hydroxylation is 2. The zero-order chi connectivity index (χ0) is 29.1. The standard InChI is InChI=1S/C32H25F2N3O4/c1-18-6-10-21(11-7-18)31-36-29(37-41-31)25-13-9-20(14-27(25)34)15-28(32(39)40)35-30(38)24-5-3-4-22(16-24)23-12-8-19(2)26(33)17-23/h3-14,16-17,28H,15H2,1-2H3,(H,35,38)(H,39,40)/t28-/m1/s1. The maximum Gasteiger partial charge on any atom is 0.326 e. The molecular formula is C32H25F2N3O4. The number of nitrogens with zero attached hydrogens (tertiary/aromatic N) is 2. The Morgan fingerprint density at radius 3 is 2.32 bits per heavy atom. The number of amides is 1. The van der Waals surface area contributed by atoms with Crippen LogP contribution >= 0.6 is 0 Å². The molecule has 0 aliphatic heterocycles. The van der Waals surface area contributed by atoms with Crippen LogP contribution in [0, 0.1) is 25.5 Å². The molecule has 1 heterocycles. The van der Waals surface area contributed by atoms with Gasteiger partial charge in [-0.2, -0.15) is 4.98 Å². The number of hydrogen-bond donors (Lipinski definition) is 2. The highest BCUT2D eigenvalue weighted by Gasteiger charge is 2.23. The van der Waals surface area contributed by atoms with E-state index < -0.39 is 23.7 Å². The van der Waals surface area contributed by atoms with Crippen LogP contribution in [0.2, 0.25) is 0 Å². The molecule has 7 nitrogen and oxygen atoms in total. The summed E-state index contributed by atoms with van der Waals surface area (Å²) in [6, 6.07) is 21.5. The molecule has 0 spiro atoms. The van der Waals surface area contributed by atoms with Gasteiger partial charge in [-0.15, -0.1) is 0 Å². The van der Waals surface area contributed by atoms with Gasteiger partial charge in [0.05, 0.1) is 5.56 Å². The SMILES string of the molecule is Cc1ccc(-c2nc(-c3ccc(C[C@@H](NC(=O)c4cccc(-c5ccc(C)c(F)c5)c4)C(=O)O)cc3F)no2)cc1. The molecule has 4 aromatic carbocycles. The lowest BCUT2D eigenvalue weighted by atomic mass is 10.0. The normalized spacial score (nSPS) is 11.7. The van der Waals surface area contributed by atoms with Gasteiger partial charge in [0, 0.05) is 17.5 Å². The van der Waals surface area contributed by atoms with Crippen molar-refractivity contribution in [1.82, 2.24) is 15.5 Å². The van der Waals surface area contributed by atoms with Crippen LogP contribution in [0.1, 0.15) is 27.0 Å². The number of carboxylic acid groups (broad SMARTS) is 1. The van der Waals surface area contributed by atoms with Gasteiger partial charge < -0.3 is 14.9 Å². The quantitative estimate of drug-likeness (QED) is 0.231. The maximum atomic E-state index is 15.1. The Morgan fingerprint density at radius 2 is 1.61 bits per heavy atom. The fraction of sp³-hybridized carbons (Fsp3) is 0.125. The number of carbonyl (C=O) groups excluding carboxylic acids is 1. The minimum absolute atomic E-state index is 0.0565. The summed E-state index contributed by atoms with van der Waals surface area (Å²) >= 11 is 0. The van der Waals surface area contributed by atoms with E-state index in [0.717, 1.165) is 5.56 Å². The number of nitrogens with one attached hydrogen (secondary N) is 1. The molecule has 0 radical (unpaired) electrons. The lowest BCUT2D eigenvalue weighted by Crippen LogP contribution is -2.42. The van der Waals surface area contributed by atoms with Crippen molar-refractivity contribution in [3.63, 3.8) is 0 Å². The van der Waals surface area contributed by atoms with Gasteiger partial charge in [-0.1, -0.05) is 53.2 Å². The summed E-state index contributed by atoms with van der Waals surface area (Å²) in [6.45, 7) is 3.61. The van der Waals surface area contributed by atoms with Crippen LogP contribution in [0.3, 0.4) is 0 Å². The second-order valence-electron chi connectivity index (χ2n) is 9.72. The third-order valence-electron chi connectivity index (χ3n) is 6.67. The van der Waals surface area contributed by atoms with E-state index in [1.54, 1.807) is 43.3 Å². The summed E-state index contributed by atoms with van der Waals surface area (Å²) in [4.78, 5) is 29.2. The van der Waals surface area contributed by atoms with Crippen LogP contribution in [0.4, 0.5) is 8.78 Å². The number of carbonyl (C=O) groups is 2. The van der Waals surface area contributed by atoms with Crippen LogP contribution in [0.25, 0.3) is 34.0 Å². The Balaban J connectivity index is 1.30. The van der Waals surface area contributed by atoms with Crippen molar-refractivity contribution in [2.75, 3.05) is 0 Å². The highest BCUT2D eigenvalue weighted by molar-refractivity contribution is 5.97. The molecule has 0 unspecified atom stereocenters. The molecule has 0 saturated heterocycles. The van der Waals surface area contributed by atoms with Crippen LogP contribution in [-0.4, -0.2) is 33.2 Å². The first-order valence-corrected chi connectivity index (χ1v) is 12.8. The van der Waals surface area contributed by atoms with Crippen LogP contribution in [0.5, 0.6) is 0 Å². The largest absolute Gasteiger partial charge is 0.480 e. The van der Waals surface area contributed by atoms with E-state index in [0.29, 0.717) is 27.8 Å². The van der Waals surface area contributed by atoms with Crippen molar-refractivity contribution in [3.8, 4) is 34.0 Å². The van der Waals surface area contributed by atoms with Crippen molar-refractivity contribution < 1.29 is 28.0 Å². The minimum atomic E-state index is -1.33. The first kappa shape index (κ1) is 27.4. The molecular weight excluding hydrogens is 528 g/mol. The van der Waals surface area contributed by atoms with Crippen LogP contribution in [0.15, 0.2) is 89.5 Å². The van der Waals surface area contributed by atoms with Gasteiger partial charge >= 0.3 is 5.97 Å². The molecule has 2 N–H and O–H groups in total. The number of aromatic nitrogens is 2. The highest BCUT2D eigenvalue weighted by atomic mass is 19.1. The smallest absolute Gasteiger partial charge is 0.326 e. The van der Waals surface area contributed by atoms with Crippen molar-refractivity contribution >= 4 is 11.9 Å². The molecule has 0 saturated carbocycles. The lowest BCUT2D eigenvalue weighted by molar-refractivity contribution is -0.139. The van der Waals surface area contributed by atoms with Crippen LogP contribution in [-0.2, 0) is 11.2 Å². The molecule has 5 rings (SSSR count). The van der Waals surface area contributed by atoms with E-state index in [4.69, 9.17) is 4.52 Å². The number of hydrogen-bond acceptors (Lipinski definition) is 5. The third kappa shape index (κ3) is 6.19. The Labute approximate surface area is 234 Å². The molecule has 0 aliphatic carbocycles. The third-order valence-corrected chi connectivity index (χ3v) is 6.67. The Morgan fingerprint density at radius 1 is 0.878 bits per heavy atom. The van der Waals surface area contributed by atoms with E-state index in [-0.39, 0.29) is 35.1 Å². The second-order valence-corrected chi connectivity index (χ2v) is 9.72. The van der Waals surface area contributed by atoms with Crippen molar-refractivity contribution in [2.24, 2.45) is 0 Å². The van der Waals surface area contributed by atoms with Gasteiger partial charge in [0.1, 0.15) is 17.7 Å². The second kappa shape index (κ2) is 11.5. The minimum Gasteiger partial charge on any atom is -0.480 e. The van der Waals surface area contributed by atoms with Gasteiger partial charge in [-0.05, 0) is 78.6 Å². The number of benzene rings is 4. The average Bonchev–Trinajstić information content (AvgIpc) is 3.44. The predicted octanol–water partition coefficient (Wildman–Crippen LogP) is 6.39. The number of rotatable bonds is 8. The Bertz CT molecular complexity index is 1750. The molecule has 0 bridgehead atoms. The van der Waals surface area contributed by atoms with Crippen molar-refractivity contribution in [3.05, 3.63) is 119 Å². The molecule has 1 atom stereocenters. The molecule has 9 heteroatoms. The van der Waals surface area contributed by atoms with Gasteiger partial charge in [0.25, 0.3) is 11.8 Å². The maximum absolute atomic E-state index is 15.1. The Kier molecular flexibility index (Phi) is 7.69. The van der Waals surface area contributed by atoms with Gasteiger partial charge in [-0.3, -0.25) is 4.79 Å². The van der Waals surface area contributed by atoms with E-state index in [1.165, 1.54) is 24.3 Å². The van der Waals surface area contributed by atoms with E-state index >= 15 is 4.39 Å².